The Kier molecular flexibility index (Phi) is 7.45. The number of rotatable bonds is 7. The molecule has 0 bridgehead atoms. The molecule has 0 atom stereocenters. The molecule has 47 heavy (non-hydrogen) atoms. The summed E-state index contributed by atoms with van der Waals surface area (Å²) in [5, 5.41) is 4.94. The van der Waals surface area contributed by atoms with E-state index in [1.807, 2.05) is 0 Å². The van der Waals surface area contributed by atoms with Crippen molar-refractivity contribution >= 4 is 55.7 Å². The van der Waals surface area contributed by atoms with Crippen LogP contribution in [0.5, 0.6) is 0 Å². The lowest BCUT2D eigenvalue weighted by atomic mass is 10.0. The van der Waals surface area contributed by atoms with E-state index < -0.39 is 0 Å². The van der Waals surface area contributed by atoms with Crippen LogP contribution < -0.4 is 9.80 Å². The molecule has 0 spiro atoms. The number of hydrogen-bond acceptors (Lipinski definition) is 2. The molecule has 0 saturated heterocycles. The van der Waals surface area contributed by atoms with Gasteiger partial charge in [0.05, 0.1) is 0 Å². The van der Waals surface area contributed by atoms with E-state index in [0.29, 0.717) is 0 Å². The Balaban J connectivity index is 1.13. The Labute approximate surface area is 276 Å². The summed E-state index contributed by atoms with van der Waals surface area (Å²) >= 11 is 0. The highest BCUT2D eigenvalue weighted by Crippen LogP contribution is 2.39. The van der Waals surface area contributed by atoms with Crippen LogP contribution in [0.25, 0.3) is 32.7 Å². The predicted octanol–water partition coefficient (Wildman–Crippen LogP) is 12.9. The molecule has 0 aliphatic carbocycles. The van der Waals surface area contributed by atoms with Gasteiger partial charge >= 0.3 is 0 Å². The summed E-state index contributed by atoms with van der Waals surface area (Å²) in [7, 11) is 0. The fourth-order valence-corrected chi connectivity index (χ4v) is 6.40. The third kappa shape index (κ3) is 5.74. The van der Waals surface area contributed by atoms with Crippen LogP contribution in [0, 0.1) is 6.92 Å². The molecule has 0 aromatic heterocycles. The molecular formula is C45H34N2. The van der Waals surface area contributed by atoms with Crippen LogP contribution in [-0.2, 0) is 0 Å². The smallest absolute Gasteiger partial charge is 0.0468 e. The molecule has 2 heteroatoms. The molecule has 224 valence electrons. The van der Waals surface area contributed by atoms with Crippen LogP contribution in [0.3, 0.4) is 0 Å². The number of anilines is 6. The summed E-state index contributed by atoms with van der Waals surface area (Å²) in [5.41, 5.74) is 10.4. The van der Waals surface area contributed by atoms with Crippen molar-refractivity contribution in [1.82, 2.24) is 0 Å². The third-order valence-corrected chi connectivity index (χ3v) is 8.87. The average Bonchev–Trinajstić information content (AvgIpc) is 3.14. The molecule has 0 heterocycles. The summed E-state index contributed by atoms with van der Waals surface area (Å²) in [4.78, 5) is 4.66. The van der Waals surface area contributed by atoms with Gasteiger partial charge < -0.3 is 9.80 Å². The Hall–Kier alpha value is -6.12. The minimum absolute atomic E-state index is 1.12. The highest BCUT2D eigenvalue weighted by atomic mass is 15.1. The van der Waals surface area contributed by atoms with Gasteiger partial charge in [-0.2, -0.15) is 0 Å². The predicted molar refractivity (Wildman–Crippen MR) is 201 cm³/mol. The molecule has 2 nitrogen and oxygen atoms in total. The number of nitrogens with zero attached hydrogens (tertiary/aromatic N) is 2. The zero-order chi connectivity index (χ0) is 31.6. The minimum Gasteiger partial charge on any atom is -0.310 e. The van der Waals surface area contributed by atoms with Crippen molar-refractivity contribution in [3.63, 3.8) is 0 Å². The van der Waals surface area contributed by atoms with Crippen molar-refractivity contribution < 1.29 is 0 Å². The van der Waals surface area contributed by atoms with Crippen LogP contribution in [0.2, 0.25) is 0 Å². The third-order valence-electron chi connectivity index (χ3n) is 8.87. The highest BCUT2D eigenvalue weighted by Gasteiger charge is 2.15. The first-order valence-electron chi connectivity index (χ1n) is 16.1. The van der Waals surface area contributed by atoms with Gasteiger partial charge in [-0.15, -0.1) is 0 Å². The first-order chi connectivity index (χ1) is 23.2. The van der Waals surface area contributed by atoms with Crippen molar-refractivity contribution in [2.75, 3.05) is 9.80 Å². The number of hydrogen-bond donors (Lipinski definition) is 0. The first-order valence-corrected chi connectivity index (χ1v) is 16.1. The number of aryl methyl sites for hydroxylation is 1. The van der Waals surface area contributed by atoms with E-state index in [2.05, 4.69) is 205 Å². The zero-order valence-electron chi connectivity index (χ0n) is 26.3. The SMILES string of the molecule is Cc1ccc(N(c2ccc(-c3ccc(N(c4ccccc4)c4ccc5ccccc5c4)cc3)cc2)c2ccc3ccccc3c2)cc1. The summed E-state index contributed by atoms with van der Waals surface area (Å²) in [6.07, 6.45) is 0. The van der Waals surface area contributed by atoms with E-state index in [0.717, 1.165) is 34.1 Å². The molecule has 0 radical (unpaired) electrons. The van der Waals surface area contributed by atoms with Gasteiger partial charge in [-0.25, -0.2) is 0 Å². The van der Waals surface area contributed by atoms with Gasteiger partial charge in [-0.1, -0.05) is 121 Å². The van der Waals surface area contributed by atoms with Crippen LogP contribution in [0.15, 0.2) is 188 Å². The molecule has 8 rings (SSSR count). The molecule has 8 aromatic carbocycles. The normalized spacial score (nSPS) is 11.1. The Morgan fingerprint density at radius 1 is 0.277 bits per heavy atom. The van der Waals surface area contributed by atoms with Crippen molar-refractivity contribution in [2.45, 2.75) is 6.92 Å². The summed E-state index contributed by atoms with van der Waals surface area (Å²) in [6.45, 7) is 2.13. The van der Waals surface area contributed by atoms with Gasteiger partial charge in [-0.3, -0.25) is 0 Å². The number of para-hydroxylation sites is 1. The van der Waals surface area contributed by atoms with E-state index >= 15 is 0 Å². The zero-order valence-corrected chi connectivity index (χ0v) is 26.3. The van der Waals surface area contributed by atoms with Crippen molar-refractivity contribution in [3.8, 4) is 11.1 Å². The molecule has 0 fully saturated rings. The maximum Gasteiger partial charge on any atom is 0.0468 e. The van der Waals surface area contributed by atoms with Gasteiger partial charge in [0.25, 0.3) is 0 Å². The van der Waals surface area contributed by atoms with Gasteiger partial charge in [-0.05, 0) is 112 Å². The molecule has 0 aliphatic heterocycles. The van der Waals surface area contributed by atoms with Crippen molar-refractivity contribution in [2.24, 2.45) is 0 Å². The van der Waals surface area contributed by atoms with Gasteiger partial charge in [0.15, 0.2) is 0 Å². The summed E-state index contributed by atoms with van der Waals surface area (Å²) in [5.74, 6) is 0. The van der Waals surface area contributed by atoms with Gasteiger partial charge in [0, 0.05) is 34.1 Å². The Bertz CT molecular complexity index is 2290. The van der Waals surface area contributed by atoms with E-state index in [1.54, 1.807) is 0 Å². The lowest BCUT2D eigenvalue weighted by molar-refractivity contribution is 1.28. The summed E-state index contributed by atoms with van der Waals surface area (Å²) < 4.78 is 0. The van der Waals surface area contributed by atoms with Crippen LogP contribution >= 0.6 is 0 Å². The standard InChI is InChI=1S/C45H34N2/c1-33-15-23-41(24-16-33)47(45-30-22-35-10-6-8-12-39(35)32-45)43-27-19-37(20-28-43)36-17-25-42(26-18-36)46(40-13-3-2-4-14-40)44-29-21-34-9-5-7-11-38(34)31-44/h2-32H,1H3. The molecule has 0 unspecified atom stereocenters. The fraction of sp³-hybridized carbons (Fsp3) is 0.0222. The second-order valence-corrected chi connectivity index (χ2v) is 12.0. The Morgan fingerprint density at radius 2 is 0.617 bits per heavy atom. The second kappa shape index (κ2) is 12.3. The number of fused-ring (bicyclic) bond motifs is 2. The van der Waals surface area contributed by atoms with E-state index in [4.69, 9.17) is 0 Å². The van der Waals surface area contributed by atoms with Gasteiger partial charge in [0.1, 0.15) is 0 Å². The van der Waals surface area contributed by atoms with Gasteiger partial charge in [0.2, 0.25) is 0 Å². The quantitative estimate of drug-likeness (QED) is 0.179. The Morgan fingerprint density at radius 3 is 1.06 bits per heavy atom. The monoisotopic (exact) mass is 602 g/mol. The van der Waals surface area contributed by atoms with E-state index in [9.17, 15) is 0 Å². The molecule has 0 N–H and O–H groups in total. The van der Waals surface area contributed by atoms with Crippen LogP contribution in [-0.4, -0.2) is 0 Å². The highest BCUT2D eigenvalue weighted by molar-refractivity contribution is 5.91. The van der Waals surface area contributed by atoms with Crippen molar-refractivity contribution in [3.05, 3.63) is 194 Å². The molecule has 8 aromatic rings. The number of benzene rings is 8. The summed E-state index contributed by atoms with van der Waals surface area (Å²) in [6, 6.07) is 67.6. The average molecular weight is 603 g/mol. The molecular weight excluding hydrogens is 569 g/mol. The van der Waals surface area contributed by atoms with Crippen LogP contribution in [0.4, 0.5) is 34.1 Å². The van der Waals surface area contributed by atoms with E-state index in [-0.39, 0.29) is 0 Å². The lowest BCUT2D eigenvalue weighted by Gasteiger charge is -2.26. The lowest BCUT2D eigenvalue weighted by Crippen LogP contribution is -2.10. The molecule has 0 amide bonds. The molecule has 0 saturated carbocycles. The maximum atomic E-state index is 2.33. The van der Waals surface area contributed by atoms with Crippen LogP contribution in [0.1, 0.15) is 5.56 Å². The minimum atomic E-state index is 1.12. The van der Waals surface area contributed by atoms with E-state index in [1.165, 1.54) is 38.2 Å². The fourth-order valence-electron chi connectivity index (χ4n) is 6.40. The largest absolute Gasteiger partial charge is 0.310 e. The first kappa shape index (κ1) is 28.4. The second-order valence-electron chi connectivity index (χ2n) is 12.0. The topological polar surface area (TPSA) is 6.48 Å². The molecule has 0 aliphatic rings. The van der Waals surface area contributed by atoms with Crippen molar-refractivity contribution in [1.29, 1.82) is 0 Å². The maximum absolute atomic E-state index is 2.33.